The fourth-order valence-electron chi connectivity index (χ4n) is 3.39. The minimum absolute atomic E-state index is 0.195. The van der Waals surface area contributed by atoms with Crippen LogP contribution in [0, 0.1) is 19.7 Å². The lowest BCUT2D eigenvalue weighted by Crippen LogP contribution is -2.27. The van der Waals surface area contributed by atoms with Gasteiger partial charge in [0.05, 0.1) is 22.5 Å². The van der Waals surface area contributed by atoms with Gasteiger partial charge in [-0.15, -0.1) is 0 Å². The number of nitrogens with one attached hydrogen (secondary N) is 1. The molecule has 1 aliphatic rings. The molecule has 0 saturated carbocycles. The lowest BCUT2D eigenvalue weighted by molar-refractivity contribution is -0.114. The number of hydrazone groups is 1. The van der Waals surface area contributed by atoms with E-state index in [0.717, 1.165) is 15.3 Å². The zero-order chi connectivity index (χ0) is 22.3. The number of hydrogen-bond acceptors (Lipinski definition) is 4. The molecule has 0 bridgehead atoms. The van der Waals surface area contributed by atoms with Gasteiger partial charge in [0.15, 0.2) is 0 Å². The molecule has 1 N–H and O–H groups in total. The highest BCUT2D eigenvalue weighted by molar-refractivity contribution is 6.32. The molecule has 0 radical (unpaired) electrons. The molecule has 0 aliphatic carbocycles. The van der Waals surface area contributed by atoms with Crippen LogP contribution in [0.3, 0.4) is 0 Å². The van der Waals surface area contributed by atoms with Crippen molar-refractivity contribution >= 4 is 29.3 Å². The number of halogens is 1. The third-order valence-electron chi connectivity index (χ3n) is 5.12. The molecule has 8 heteroatoms. The van der Waals surface area contributed by atoms with Crippen LogP contribution in [0.4, 0.5) is 10.1 Å². The van der Waals surface area contributed by atoms with E-state index in [1.807, 2.05) is 6.07 Å². The summed E-state index contributed by atoms with van der Waals surface area (Å²) < 4.78 is 14.1. The SMILES string of the molecule is CC1=NN(c2ccc(F)cc2)C(=O)/C1=C/c1c(C)[nH]n(C(=O)c2ccccc2C)c1=O. The van der Waals surface area contributed by atoms with Crippen LogP contribution >= 0.6 is 0 Å². The summed E-state index contributed by atoms with van der Waals surface area (Å²) in [4.78, 5) is 38.7. The van der Waals surface area contributed by atoms with E-state index < -0.39 is 23.2 Å². The first kappa shape index (κ1) is 20.2. The molecule has 2 heterocycles. The van der Waals surface area contributed by atoms with Crippen LogP contribution < -0.4 is 10.6 Å². The van der Waals surface area contributed by atoms with Gasteiger partial charge >= 0.3 is 0 Å². The number of carbonyl (C=O) groups is 2. The number of rotatable bonds is 3. The summed E-state index contributed by atoms with van der Waals surface area (Å²) >= 11 is 0. The first-order chi connectivity index (χ1) is 14.8. The number of aromatic nitrogens is 2. The van der Waals surface area contributed by atoms with Crippen molar-refractivity contribution in [3.8, 4) is 0 Å². The van der Waals surface area contributed by atoms with Gasteiger partial charge in [0.2, 0.25) is 0 Å². The van der Waals surface area contributed by atoms with Gasteiger partial charge < -0.3 is 0 Å². The Balaban J connectivity index is 1.71. The first-order valence-corrected chi connectivity index (χ1v) is 9.57. The number of anilines is 1. The Labute approximate surface area is 177 Å². The lowest BCUT2D eigenvalue weighted by atomic mass is 10.1. The minimum atomic E-state index is -0.556. The normalized spacial score (nSPS) is 15.0. The Morgan fingerprint density at radius 3 is 2.39 bits per heavy atom. The van der Waals surface area contributed by atoms with E-state index in [9.17, 15) is 18.8 Å². The predicted molar refractivity (Wildman–Crippen MR) is 116 cm³/mol. The van der Waals surface area contributed by atoms with Gasteiger partial charge in [-0.1, -0.05) is 18.2 Å². The lowest BCUT2D eigenvalue weighted by Gasteiger charge is -2.11. The van der Waals surface area contributed by atoms with Gasteiger partial charge in [-0.25, -0.2) is 4.39 Å². The number of aryl methyl sites for hydroxylation is 2. The molecular formula is C23H19FN4O3. The molecule has 0 fully saturated rings. The van der Waals surface area contributed by atoms with Crippen molar-refractivity contribution < 1.29 is 14.0 Å². The van der Waals surface area contributed by atoms with E-state index in [-0.39, 0.29) is 11.1 Å². The summed E-state index contributed by atoms with van der Waals surface area (Å²) in [5, 5.41) is 8.18. The van der Waals surface area contributed by atoms with Gasteiger partial charge in [0.25, 0.3) is 17.4 Å². The smallest absolute Gasteiger partial charge is 0.281 e. The average Bonchev–Trinajstić information content (AvgIpc) is 3.19. The molecule has 2 aromatic carbocycles. The molecule has 156 valence electrons. The summed E-state index contributed by atoms with van der Waals surface area (Å²) in [5.74, 6) is -1.35. The monoisotopic (exact) mass is 418 g/mol. The van der Waals surface area contributed by atoms with Crippen molar-refractivity contribution in [2.75, 3.05) is 5.01 Å². The molecule has 1 amide bonds. The molecule has 0 unspecified atom stereocenters. The largest absolute Gasteiger partial charge is 0.292 e. The fourth-order valence-corrected chi connectivity index (χ4v) is 3.39. The van der Waals surface area contributed by atoms with E-state index >= 15 is 0 Å². The number of aromatic amines is 1. The molecular weight excluding hydrogens is 399 g/mol. The zero-order valence-electron chi connectivity index (χ0n) is 17.1. The molecule has 0 atom stereocenters. The molecule has 0 saturated heterocycles. The predicted octanol–water partition coefficient (Wildman–Crippen LogP) is 3.43. The summed E-state index contributed by atoms with van der Waals surface area (Å²) in [7, 11) is 0. The highest BCUT2D eigenvalue weighted by Crippen LogP contribution is 2.25. The van der Waals surface area contributed by atoms with Crippen molar-refractivity contribution in [2.24, 2.45) is 5.10 Å². The van der Waals surface area contributed by atoms with Crippen LogP contribution in [-0.2, 0) is 4.79 Å². The van der Waals surface area contributed by atoms with Crippen molar-refractivity contribution in [2.45, 2.75) is 20.8 Å². The Bertz CT molecular complexity index is 1330. The maximum Gasteiger partial charge on any atom is 0.281 e. The van der Waals surface area contributed by atoms with E-state index in [1.165, 1.54) is 30.3 Å². The van der Waals surface area contributed by atoms with Crippen LogP contribution in [-0.4, -0.2) is 27.3 Å². The average molecular weight is 418 g/mol. The Morgan fingerprint density at radius 2 is 1.71 bits per heavy atom. The minimum Gasteiger partial charge on any atom is -0.292 e. The number of hydrogen-bond donors (Lipinski definition) is 1. The Hall–Kier alpha value is -4.07. The highest BCUT2D eigenvalue weighted by Gasteiger charge is 2.30. The number of H-pyrrole nitrogens is 1. The molecule has 7 nitrogen and oxygen atoms in total. The van der Waals surface area contributed by atoms with Gasteiger partial charge in [0.1, 0.15) is 5.82 Å². The molecule has 4 rings (SSSR count). The topological polar surface area (TPSA) is 87.5 Å². The Kier molecular flexibility index (Phi) is 4.98. The second-order valence-electron chi connectivity index (χ2n) is 7.25. The molecule has 3 aromatic rings. The van der Waals surface area contributed by atoms with Crippen LogP contribution in [0.15, 0.2) is 64.0 Å². The van der Waals surface area contributed by atoms with Crippen molar-refractivity contribution in [3.63, 3.8) is 0 Å². The van der Waals surface area contributed by atoms with E-state index in [4.69, 9.17) is 0 Å². The second-order valence-corrected chi connectivity index (χ2v) is 7.25. The van der Waals surface area contributed by atoms with E-state index in [1.54, 1.807) is 39.0 Å². The molecule has 31 heavy (non-hydrogen) atoms. The molecule has 1 aromatic heterocycles. The number of carbonyl (C=O) groups excluding carboxylic acids is 2. The van der Waals surface area contributed by atoms with Crippen LogP contribution in [0.2, 0.25) is 0 Å². The van der Waals surface area contributed by atoms with E-state index in [0.29, 0.717) is 22.7 Å². The quantitative estimate of drug-likeness (QED) is 0.661. The van der Waals surface area contributed by atoms with Gasteiger partial charge in [-0.3, -0.25) is 19.5 Å². The summed E-state index contributed by atoms with van der Waals surface area (Å²) in [6.45, 7) is 5.09. The third kappa shape index (κ3) is 3.52. The number of nitrogens with zero attached hydrogens (tertiary/aromatic N) is 3. The Morgan fingerprint density at radius 1 is 1.03 bits per heavy atom. The number of benzene rings is 2. The molecule has 0 spiro atoms. The maximum atomic E-state index is 13.2. The summed E-state index contributed by atoms with van der Waals surface area (Å²) in [6, 6.07) is 12.3. The first-order valence-electron chi connectivity index (χ1n) is 9.57. The van der Waals surface area contributed by atoms with E-state index in [2.05, 4.69) is 10.2 Å². The zero-order valence-corrected chi connectivity index (χ0v) is 17.1. The number of amides is 1. The standard InChI is InChI=1S/C23H19FN4O3/c1-13-6-4-5-7-18(13)21(29)28-23(31)20(15(3)26-28)12-19-14(2)25-27(22(19)30)17-10-8-16(24)9-11-17/h4-12,26H,1-3H3/b19-12+. The second kappa shape index (κ2) is 7.64. The third-order valence-corrected chi connectivity index (χ3v) is 5.12. The van der Waals surface area contributed by atoms with Gasteiger partial charge in [0, 0.05) is 11.3 Å². The van der Waals surface area contributed by atoms with Crippen LogP contribution in [0.1, 0.15) is 34.1 Å². The van der Waals surface area contributed by atoms with Gasteiger partial charge in [-0.05, 0) is 62.7 Å². The maximum absolute atomic E-state index is 13.2. The highest BCUT2D eigenvalue weighted by atomic mass is 19.1. The fraction of sp³-hybridized carbons (Fsp3) is 0.130. The van der Waals surface area contributed by atoms with Crippen molar-refractivity contribution in [1.29, 1.82) is 0 Å². The summed E-state index contributed by atoms with van der Waals surface area (Å²) in [5.41, 5.74) is 2.27. The molecule has 1 aliphatic heterocycles. The summed E-state index contributed by atoms with van der Waals surface area (Å²) in [6.07, 6.45) is 1.43. The van der Waals surface area contributed by atoms with Crippen LogP contribution in [0.25, 0.3) is 6.08 Å². The van der Waals surface area contributed by atoms with Crippen molar-refractivity contribution in [1.82, 2.24) is 9.78 Å². The van der Waals surface area contributed by atoms with Crippen LogP contribution in [0.5, 0.6) is 0 Å². The van der Waals surface area contributed by atoms with Crippen molar-refractivity contribution in [3.05, 3.63) is 92.7 Å². The van der Waals surface area contributed by atoms with Gasteiger partial charge in [-0.2, -0.15) is 14.8 Å².